The van der Waals surface area contributed by atoms with Crippen molar-refractivity contribution in [1.82, 2.24) is 19.7 Å². The number of rotatable bonds is 1. The first kappa shape index (κ1) is 8.68. The maximum absolute atomic E-state index is 5.86. The van der Waals surface area contributed by atoms with Crippen molar-refractivity contribution in [3.63, 3.8) is 0 Å². The highest BCUT2D eigenvalue weighted by Crippen LogP contribution is 2.16. The predicted octanol–water partition coefficient (Wildman–Crippen LogP) is 0.861. The molecule has 5 heteroatoms. The highest BCUT2D eigenvalue weighted by molar-refractivity contribution is 5.45. The van der Waals surface area contributed by atoms with Gasteiger partial charge in [-0.25, -0.2) is 9.97 Å². The fourth-order valence-corrected chi connectivity index (χ4v) is 1.18. The Morgan fingerprint density at radius 2 is 1.86 bits per heavy atom. The average molecular weight is 189 g/mol. The number of anilines is 1. The van der Waals surface area contributed by atoms with Gasteiger partial charge in [0, 0.05) is 18.0 Å². The number of nitrogen functional groups attached to an aromatic ring is 1. The highest BCUT2D eigenvalue weighted by Gasteiger charge is 2.10. The van der Waals surface area contributed by atoms with Gasteiger partial charge in [0.15, 0.2) is 0 Å². The molecule has 14 heavy (non-hydrogen) atoms. The van der Waals surface area contributed by atoms with Gasteiger partial charge in [-0.1, -0.05) is 0 Å². The molecule has 2 heterocycles. The molecule has 0 saturated carbocycles. The molecule has 0 atom stereocenters. The minimum atomic E-state index is 0.501. The Morgan fingerprint density at radius 3 is 2.36 bits per heavy atom. The molecule has 0 fully saturated rings. The topological polar surface area (TPSA) is 69.6 Å². The molecule has 2 aromatic rings. The van der Waals surface area contributed by atoms with Crippen LogP contribution >= 0.6 is 0 Å². The lowest BCUT2D eigenvalue weighted by atomic mass is 10.3. The molecular weight excluding hydrogens is 178 g/mol. The number of nitrogens with two attached hydrogens (primary N) is 1. The first-order chi connectivity index (χ1) is 6.70. The smallest absolute Gasteiger partial charge is 0.252 e. The Hall–Kier alpha value is -1.91. The summed E-state index contributed by atoms with van der Waals surface area (Å²) < 4.78 is 1.55. The van der Waals surface area contributed by atoms with Gasteiger partial charge in [-0.15, -0.1) is 0 Å². The first-order valence-corrected chi connectivity index (χ1v) is 4.29. The molecule has 0 aromatic carbocycles. The fraction of sp³-hybridized carbons (Fsp3) is 0.222. The molecular formula is C9H11N5. The molecule has 72 valence electrons. The van der Waals surface area contributed by atoms with Crippen LogP contribution in [0.1, 0.15) is 11.3 Å². The van der Waals surface area contributed by atoms with Crippen molar-refractivity contribution in [1.29, 1.82) is 0 Å². The van der Waals surface area contributed by atoms with E-state index in [0.29, 0.717) is 11.8 Å². The zero-order valence-electron chi connectivity index (χ0n) is 8.10. The Kier molecular flexibility index (Phi) is 1.92. The standard InChI is InChI=1S/C9H11N5/c1-6-7(2)13-14(8(6)10)9-11-4-3-5-12-9/h3-5H,10H2,1-2H3. The van der Waals surface area contributed by atoms with Crippen molar-refractivity contribution in [2.24, 2.45) is 0 Å². The molecule has 0 aliphatic heterocycles. The zero-order valence-corrected chi connectivity index (χ0v) is 8.10. The van der Waals surface area contributed by atoms with Crippen LogP contribution in [0, 0.1) is 13.8 Å². The van der Waals surface area contributed by atoms with Gasteiger partial charge < -0.3 is 5.73 Å². The van der Waals surface area contributed by atoms with Crippen molar-refractivity contribution < 1.29 is 0 Å². The van der Waals surface area contributed by atoms with Gasteiger partial charge >= 0.3 is 0 Å². The van der Waals surface area contributed by atoms with Crippen LogP contribution in [0.5, 0.6) is 0 Å². The van der Waals surface area contributed by atoms with Gasteiger partial charge in [-0.3, -0.25) is 0 Å². The lowest BCUT2D eigenvalue weighted by Crippen LogP contribution is -2.06. The molecule has 0 amide bonds. The first-order valence-electron chi connectivity index (χ1n) is 4.29. The summed E-state index contributed by atoms with van der Waals surface area (Å²) in [6, 6.07) is 1.75. The molecule has 0 aliphatic rings. The molecule has 0 saturated heterocycles. The number of hydrogen-bond acceptors (Lipinski definition) is 4. The second kappa shape index (κ2) is 3.10. The number of hydrogen-bond donors (Lipinski definition) is 1. The van der Waals surface area contributed by atoms with E-state index in [-0.39, 0.29) is 0 Å². The quantitative estimate of drug-likeness (QED) is 0.722. The van der Waals surface area contributed by atoms with Crippen LogP contribution in [0.25, 0.3) is 5.95 Å². The van der Waals surface area contributed by atoms with Crippen molar-refractivity contribution in [2.75, 3.05) is 5.73 Å². The molecule has 0 bridgehead atoms. The summed E-state index contributed by atoms with van der Waals surface area (Å²) in [6.45, 7) is 3.84. The zero-order chi connectivity index (χ0) is 10.1. The highest BCUT2D eigenvalue weighted by atomic mass is 15.4. The van der Waals surface area contributed by atoms with E-state index < -0.39 is 0 Å². The number of aryl methyl sites for hydroxylation is 1. The molecule has 2 N–H and O–H groups in total. The molecule has 2 aromatic heterocycles. The van der Waals surface area contributed by atoms with Gasteiger partial charge in [0.25, 0.3) is 5.95 Å². The van der Waals surface area contributed by atoms with Crippen molar-refractivity contribution in [2.45, 2.75) is 13.8 Å². The molecule has 0 unspecified atom stereocenters. The Balaban J connectivity index is 2.58. The SMILES string of the molecule is Cc1nn(-c2ncccn2)c(N)c1C. The van der Waals surface area contributed by atoms with E-state index in [1.165, 1.54) is 0 Å². The second-order valence-electron chi connectivity index (χ2n) is 3.06. The summed E-state index contributed by atoms with van der Waals surface area (Å²) in [4.78, 5) is 8.15. The molecule has 0 spiro atoms. The minimum Gasteiger partial charge on any atom is -0.383 e. The minimum absolute atomic E-state index is 0.501. The van der Waals surface area contributed by atoms with Gasteiger partial charge in [-0.2, -0.15) is 9.78 Å². The fourth-order valence-electron chi connectivity index (χ4n) is 1.18. The molecule has 0 radical (unpaired) electrons. The lowest BCUT2D eigenvalue weighted by molar-refractivity contribution is 0.805. The van der Waals surface area contributed by atoms with Gasteiger partial charge in [0.2, 0.25) is 0 Å². The van der Waals surface area contributed by atoms with Crippen molar-refractivity contribution in [3.8, 4) is 5.95 Å². The monoisotopic (exact) mass is 189 g/mol. The summed E-state index contributed by atoms with van der Waals surface area (Å²) >= 11 is 0. The van der Waals surface area contributed by atoms with Crippen LogP contribution in [0.15, 0.2) is 18.5 Å². The Labute approximate surface area is 81.6 Å². The summed E-state index contributed by atoms with van der Waals surface area (Å²) in [7, 11) is 0. The van der Waals surface area contributed by atoms with E-state index in [2.05, 4.69) is 15.1 Å². The second-order valence-corrected chi connectivity index (χ2v) is 3.06. The molecule has 2 rings (SSSR count). The van der Waals surface area contributed by atoms with E-state index in [9.17, 15) is 0 Å². The van der Waals surface area contributed by atoms with Crippen LogP contribution in [0.4, 0.5) is 5.82 Å². The Bertz CT molecular complexity index is 446. The summed E-state index contributed by atoms with van der Waals surface area (Å²) in [5.41, 5.74) is 7.72. The predicted molar refractivity (Wildman–Crippen MR) is 53.0 cm³/mol. The number of aromatic nitrogens is 4. The van der Waals surface area contributed by atoms with E-state index in [1.807, 2.05) is 13.8 Å². The van der Waals surface area contributed by atoms with E-state index >= 15 is 0 Å². The van der Waals surface area contributed by atoms with Crippen LogP contribution in [-0.4, -0.2) is 19.7 Å². The van der Waals surface area contributed by atoms with Crippen molar-refractivity contribution >= 4 is 5.82 Å². The van der Waals surface area contributed by atoms with Crippen LogP contribution in [-0.2, 0) is 0 Å². The molecule has 5 nitrogen and oxygen atoms in total. The Morgan fingerprint density at radius 1 is 1.21 bits per heavy atom. The van der Waals surface area contributed by atoms with Crippen LogP contribution in [0.3, 0.4) is 0 Å². The van der Waals surface area contributed by atoms with Gasteiger partial charge in [0.1, 0.15) is 5.82 Å². The summed E-state index contributed by atoms with van der Waals surface area (Å²) in [5.74, 6) is 1.09. The van der Waals surface area contributed by atoms with Gasteiger partial charge in [-0.05, 0) is 19.9 Å². The third-order valence-corrected chi connectivity index (χ3v) is 2.15. The number of nitrogens with zero attached hydrogens (tertiary/aromatic N) is 4. The third-order valence-electron chi connectivity index (χ3n) is 2.15. The lowest BCUT2D eigenvalue weighted by Gasteiger charge is -2.00. The van der Waals surface area contributed by atoms with E-state index in [4.69, 9.17) is 5.73 Å². The maximum Gasteiger partial charge on any atom is 0.252 e. The van der Waals surface area contributed by atoms with Crippen LogP contribution in [0.2, 0.25) is 0 Å². The summed E-state index contributed by atoms with van der Waals surface area (Å²) in [6.07, 6.45) is 3.32. The van der Waals surface area contributed by atoms with E-state index in [0.717, 1.165) is 11.3 Å². The largest absolute Gasteiger partial charge is 0.383 e. The maximum atomic E-state index is 5.86. The summed E-state index contributed by atoms with van der Waals surface area (Å²) in [5, 5.41) is 4.25. The van der Waals surface area contributed by atoms with E-state index in [1.54, 1.807) is 23.1 Å². The molecule has 0 aliphatic carbocycles. The average Bonchev–Trinajstić information content (AvgIpc) is 2.47. The normalized spacial score (nSPS) is 10.4. The van der Waals surface area contributed by atoms with Gasteiger partial charge in [0.05, 0.1) is 5.69 Å². The van der Waals surface area contributed by atoms with Crippen molar-refractivity contribution in [3.05, 3.63) is 29.7 Å². The third kappa shape index (κ3) is 1.22. The van der Waals surface area contributed by atoms with Crippen LogP contribution < -0.4 is 5.73 Å².